The molecular weight excluding hydrogens is 96.9 g/mol. The summed E-state index contributed by atoms with van der Waals surface area (Å²) in [6.07, 6.45) is 3.64. The Balaban J connectivity index is 2.83. The Morgan fingerprint density at radius 1 is 1.38 bits per heavy atom. The Morgan fingerprint density at radius 2 is 2.00 bits per heavy atom. The minimum atomic E-state index is 1.10. The van der Waals surface area contributed by atoms with Crippen molar-refractivity contribution in [3.63, 3.8) is 0 Å². The van der Waals surface area contributed by atoms with E-state index in [0.717, 1.165) is 7.28 Å². The fraction of sp³-hybridized carbons (Fsp3) is 0.167. The van der Waals surface area contributed by atoms with Gasteiger partial charge < -0.3 is 0 Å². The molecule has 0 fully saturated rings. The van der Waals surface area contributed by atoms with Crippen molar-refractivity contribution in [2.45, 2.75) is 6.82 Å². The van der Waals surface area contributed by atoms with Gasteiger partial charge in [-0.25, -0.2) is 0 Å². The molecule has 0 aliphatic heterocycles. The van der Waals surface area contributed by atoms with E-state index in [1.165, 1.54) is 5.46 Å². The molecule has 1 rings (SSSR count). The third-order valence-electron chi connectivity index (χ3n) is 1.16. The van der Waals surface area contributed by atoms with Crippen molar-refractivity contribution in [3.8, 4) is 0 Å². The van der Waals surface area contributed by atoms with Crippen molar-refractivity contribution in [3.05, 3.63) is 24.5 Å². The summed E-state index contributed by atoms with van der Waals surface area (Å²) in [5, 5.41) is 0. The second-order valence-electron chi connectivity index (χ2n) is 1.71. The second-order valence-corrected chi connectivity index (χ2v) is 1.71. The Morgan fingerprint density at radius 3 is 2.38 bits per heavy atom. The van der Waals surface area contributed by atoms with Crippen LogP contribution in [-0.2, 0) is 0 Å². The van der Waals surface area contributed by atoms with Gasteiger partial charge in [0.2, 0.25) is 0 Å². The second kappa shape index (κ2) is 2.50. The van der Waals surface area contributed by atoms with Crippen LogP contribution in [0, 0.1) is 0 Å². The first-order valence-corrected chi connectivity index (χ1v) is 2.82. The van der Waals surface area contributed by atoms with Crippen molar-refractivity contribution in [2.75, 3.05) is 0 Å². The van der Waals surface area contributed by atoms with Crippen LogP contribution in [0.5, 0.6) is 0 Å². The van der Waals surface area contributed by atoms with E-state index >= 15 is 0 Å². The van der Waals surface area contributed by atoms with E-state index in [1.807, 2.05) is 24.5 Å². The molecule has 8 heavy (non-hydrogen) atoms. The fourth-order valence-electron chi connectivity index (χ4n) is 0.618. The summed E-state index contributed by atoms with van der Waals surface area (Å²) in [5.74, 6) is 0. The Kier molecular flexibility index (Phi) is 1.68. The quantitative estimate of drug-likeness (QED) is 0.464. The summed E-state index contributed by atoms with van der Waals surface area (Å²) in [6, 6.07) is 4.06. The lowest BCUT2D eigenvalue weighted by Gasteiger charge is -1.87. The minimum Gasteiger partial charge on any atom is -0.265 e. The average Bonchev–Trinajstić information content (AvgIpc) is 1.90. The number of hydrogen-bond acceptors (Lipinski definition) is 1. The highest BCUT2D eigenvalue weighted by Gasteiger charge is 1.83. The van der Waals surface area contributed by atoms with Crippen molar-refractivity contribution in [2.24, 2.45) is 0 Å². The standard InChI is InChI=1S/C6H8BN/c1-7-6-2-4-8-5-3-6/h2-5,7H,1H3. The van der Waals surface area contributed by atoms with Crippen LogP contribution in [0.2, 0.25) is 6.82 Å². The molecule has 0 N–H and O–H groups in total. The van der Waals surface area contributed by atoms with E-state index in [4.69, 9.17) is 0 Å². The first-order chi connectivity index (χ1) is 3.93. The highest BCUT2D eigenvalue weighted by Crippen LogP contribution is 1.73. The van der Waals surface area contributed by atoms with Gasteiger partial charge >= 0.3 is 0 Å². The molecule has 0 saturated carbocycles. The van der Waals surface area contributed by atoms with Gasteiger partial charge in [-0.1, -0.05) is 12.3 Å². The van der Waals surface area contributed by atoms with Gasteiger partial charge in [-0.15, -0.1) is 0 Å². The molecule has 1 aromatic rings. The zero-order chi connectivity index (χ0) is 5.82. The predicted molar refractivity (Wildman–Crippen MR) is 36.9 cm³/mol. The largest absolute Gasteiger partial charge is 0.265 e. The molecule has 0 aliphatic rings. The van der Waals surface area contributed by atoms with Crippen LogP contribution in [0.25, 0.3) is 0 Å². The van der Waals surface area contributed by atoms with Crippen LogP contribution in [0.3, 0.4) is 0 Å². The van der Waals surface area contributed by atoms with Crippen LogP contribution >= 0.6 is 0 Å². The maximum atomic E-state index is 3.89. The average molecular weight is 105 g/mol. The Labute approximate surface area is 50.0 Å². The van der Waals surface area contributed by atoms with Gasteiger partial charge in [0.1, 0.15) is 0 Å². The molecule has 2 heteroatoms. The smallest absolute Gasteiger partial charge is 0.154 e. The third-order valence-corrected chi connectivity index (χ3v) is 1.16. The highest BCUT2D eigenvalue weighted by atomic mass is 14.6. The minimum absolute atomic E-state index is 1.10. The molecule has 0 aliphatic carbocycles. The van der Waals surface area contributed by atoms with E-state index in [1.54, 1.807) is 0 Å². The van der Waals surface area contributed by atoms with Gasteiger partial charge in [-0.05, 0) is 12.1 Å². The summed E-state index contributed by atoms with van der Waals surface area (Å²) < 4.78 is 0. The molecule has 40 valence electrons. The Bertz CT molecular complexity index is 150. The van der Waals surface area contributed by atoms with E-state index < -0.39 is 0 Å². The lowest BCUT2D eigenvalue weighted by molar-refractivity contribution is 1.34. The number of hydrogen-bond donors (Lipinski definition) is 0. The normalized spacial score (nSPS) is 8.62. The molecule has 0 aromatic carbocycles. The van der Waals surface area contributed by atoms with Gasteiger partial charge in [0.05, 0.1) is 0 Å². The first kappa shape index (κ1) is 5.35. The summed E-state index contributed by atoms with van der Waals surface area (Å²) in [4.78, 5) is 3.89. The lowest BCUT2D eigenvalue weighted by atomic mass is 9.74. The maximum Gasteiger partial charge on any atom is 0.154 e. The fourth-order valence-corrected chi connectivity index (χ4v) is 0.618. The molecule has 0 amide bonds. The molecule has 0 spiro atoms. The third kappa shape index (κ3) is 1.09. The van der Waals surface area contributed by atoms with E-state index in [-0.39, 0.29) is 0 Å². The first-order valence-electron chi connectivity index (χ1n) is 2.82. The molecular formula is C6H8BN. The van der Waals surface area contributed by atoms with Crippen LogP contribution in [0.4, 0.5) is 0 Å². The number of rotatable bonds is 1. The van der Waals surface area contributed by atoms with Gasteiger partial charge in [0.15, 0.2) is 7.28 Å². The number of pyridine rings is 1. The lowest BCUT2D eigenvalue weighted by Crippen LogP contribution is -2.08. The maximum absolute atomic E-state index is 3.89. The topological polar surface area (TPSA) is 12.9 Å². The zero-order valence-corrected chi connectivity index (χ0v) is 4.96. The zero-order valence-electron chi connectivity index (χ0n) is 4.96. The SMILES string of the molecule is CBc1ccncc1. The molecule has 0 atom stereocenters. The van der Waals surface area contributed by atoms with Crippen LogP contribution in [0.1, 0.15) is 0 Å². The molecule has 0 radical (unpaired) electrons. The molecule has 1 heterocycles. The van der Waals surface area contributed by atoms with Crippen molar-refractivity contribution < 1.29 is 0 Å². The van der Waals surface area contributed by atoms with Gasteiger partial charge in [-0.3, -0.25) is 4.98 Å². The number of aromatic nitrogens is 1. The van der Waals surface area contributed by atoms with Crippen molar-refractivity contribution in [1.29, 1.82) is 0 Å². The van der Waals surface area contributed by atoms with Crippen molar-refractivity contribution in [1.82, 2.24) is 4.98 Å². The van der Waals surface area contributed by atoms with Gasteiger partial charge in [-0.2, -0.15) is 0 Å². The monoisotopic (exact) mass is 105 g/mol. The van der Waals surface area contributed by atoms with E-state index in [0.29, 0.717) is 0 Å². The molecule has 1 nitrogen and oxygen atoms in total. The summed E-state index contributed by atoms with van der Waals surface area (Å²) in [5.41, 5.74) is 1.35. The van der Waals surface area contributed by atoms with Crippen molar-refractivity contribution >= 4 is 12.7 Å². The van der Waals surface area contributed by atoms with Crippen LogP contribution < -0.4 is 5.46 Å². The summed E-state index contributed by atoms with van der Waals surface area (Å²) in [6.45, 7) is 2.13. The molecule has 0 saturated heterocycles. The van der Waals surface area contributed by atoms with Crippen LogP contribution in [-0.4, -0.2) is 12.3 Å². The summed E-state index contributed by atoms with van der Waals surface area (Å²) in [7, 11) is 1.10. The molecule has 0 bridgehead atoms. The van der Waals surface area contributed by atoms with E-state index in [9.17, 15) is 0 Å². The van der Waals surface area contributed by atoms with Crippen LogP contribution in [0.15, 0.2) is 24.5 Å². The molecule has 1 aromatic heterocycles. The van der Waals surface area contributed by atoms with E-state index in [2.05, 4.69) is 11.8 Å². The predicted octanol–water partition coefficient (Wildman–Crippen LogP) is 0.192. The van der Waals surface area contributed by atoms with Gasteiger partial charge in [0, 0.05) is 12.4 Å². The van der Waals surface area contributed by atoms with Gasteiger partial charge in [0.25, 0.3) is 0 Å². The summed E-state index contributed by atoms with van der Waals surface area (Å²) >= 11 is 0. The molecule has 0 unspecified atom stereocenters. The number of nitrogens with zero attached hydrogens (tertiary/aromatic N) is 1. The highest BCUT2D eigenvalue weighted by molar-refractivity contribution is 6.51. The Hall–Kier alpha value is -0.785.